The molecule has 0 fully saturated rings. The molecule has 0 radical (unpaired) electrons. The third-order valence-corrected chi connectivity index (χ3v) is 0. The Morgan fingerprint density at radius 3 is 0.714 bits per heavy atom. The van der Waals surface area contributed by atoms with Crippen molar-refractivity contribution in [2.24, 2.45) is 0 Å². The van der Waals surface area contributed by atoms with Gasteiger partial charge >= 0.3 is 37.9 Å². The predicted octanol–water partition coefficient (Wildman–Crippen LogP) is -12.9. The van der Waals surface area contributed by atoms with Crippen LogP contribution in [0.4, 0.5) is 0 Å². The number of halogens is 4. The average Bonchev–Trinajstić information content (AvgIpc) is 1.00. The molecule has 0 spiro atoms. The molecule has 1 N–H and O–H groups in total. The van der Waals surface area contributed by atoms with Gasteiger partial charge < -0.3 is 49.6 Å². The molecule has 7 heavy (non-hydrogen) atoms. The van der Waals surface area contributed by atoms with Crippen LogP contribution in [0.3, 0.4) is 0 Å². The zero-order valence-electron chi connectivity index (χ0n) is 2.89. The molecule has 0 heterocycles. The molecule has 7 heteroatoms. The second-order valence-electron chi connectivity index (χ2n) is 0. The number of rotatable bonds is 0. The monoisotopic (exact) mass is 240 g/mol. The Morgan fingerprint density at radius 2 is 0.714 bits per heavy atom. The van der Waals surface area contributed by atoms with Gasteiger partial charge in [-0.25, -0.2) is 0 Å². The van der Waals surface area contributed by atoms with Gasteiger partial charge in [-0.05, 0) is 0 Å². The molecule has 0 aromatic carbocycles. The topological polar surface area (TPSA) is 20.2 Å². The zero-order valence-corrected chi connectivity index (χ0v) is 8.17. The van der Waals surface area contributed by atoms with Crippen molar-refractivity contribution in [1.82, 2.24) is 0 Å². The summed E-state index contributed by atoms with van der Waals surface area (Å²) in [5.41, 5.74) is 0. The van der Waals surface area contributed by atoms with E-state index in [1.165, 1.54) is 16.6 Å². The maximum atomic E-state index is 6.92. The van der Waals surface area contributed by atoms with Crippen LogP contribution in [-0.2, 0) is 17.1 Å². The first-order valence-electron chi connectivity index (χ1n) is 0.258. The summed E-state index contributed by atoms with van der Waals surface area (Å²) in [5.74, 6) is 0. The van der Waals surface area contributed by atoms with Gasteiger partial charge in [-0.3, -0.25) is 0 Å². The van der Waals surface area contributed by atoms with Crippen LogP contribution < -0.4 is 49.6 Å². The Kier molecular flexibility index (Phi) is 775. The van der Waals surface area contributed by atoms with E-state index in [9.17, 15) is 0 Å². The van der Waals surface area contributed by atoms with Crippen molar-refractivity contribution in [2.75, 3.05) is 0 Å². The van der Waals surface area contributed by atoms with Gasteiger partial charge in [0.1, 0.15) is 0 Å². The Labute approximate surface area is 86.9 Å². The van der Waals surface area contributed by atoms with Crippen molar-refractivity contribution in [3.05, 3.63) is 0 Å². The van der Waals surface area contributed by atoms with Crippen LogP contribution in [0.1, 0.15) is 0 Å². The summed E-state index contributed by atoms with van der Waals surface area (Å²) in [4.78, 5) is 0. The Morgan fingerprint density at radius 1 is 0.714 bits per heavy atom. The van der Waals surface area contributed by atoms with Crippen LogP contribution in [0, 0.1) is 0 Å². The molecule has 1 nitrogen and oxygen atoms in total. The number of hydrogen-bond acceptors (Lipinski definition) is 1. The van der Waals surface area contributed by atoms with E-state index in [0.717, 1.165) is 0 Å². The van der Waals surface area contributed by atoms with Crippen molar-refractivity contribution < 1.29 is 70.9 Å². The molecule has 0 atom stereocenters. The first-order chi connectivity index (χ1) is 1.00. The summed E-state index contributed by atoms with van der Waals surface area (Å²) in [7, 11) is 0. The van der Waals surface area contributed by atoms with Crippen LogP contribution in [0.2, 0.25) is 0 Å². The van der Waals surface area contributed by atoms with Crippen LogP contribution in [0.15, 0.2) is 0 Å². The van der Waals surface area contributed by atoms with E-state index in [1.807, 2.05) is 0 Å². The molecule has 0 aliphatic carbocycles. The van der Waals surface area contributed by atoms with Gasteiger partial charge in [0.2, 0.25) is 0 Å². The van der Waals surface area contributed by atoms with Gasteiger partial charge in [-0.15, -0.1) is 0 Å². The molecule has 0 rings (SSSR count). The van der Waals surface area contributed by atoms with Crippen molar-refractivity contribution in [2.45, 2.75) is 0 Å². The third-order valence-electron chi connectivity index (χ3n) is 0. The van der Waals surface area contributed by atoms with E-state index in [2.05, 4.69) is 0 Å². The molecule has 0 aromatic heterocycles. The van der Waals surface area contributed by atoms with Crippen LogP contribution >= 0.6 is 0 Å². The van der Waals surface area contributed by atoms with Gasteiger partial charge in [0, 0.05) is 0 Å². The molecule has 0 bridgehead atoms. The fraction of sp³-hybridized carbons (Fsp3) is 0. The minimum atomic E-state index is 0. The normalized spacial score (nSPS) is 1.00. The first-order valence-corrected chi connectivity index (χ1v) is 0.775. The van der Waals surface area contributed by atoms with Crippen molar-refractivity contribution in [1.29, 1.82) is 0 Å². The summed E-state index contributed by atoms with van der Waals surface area (Å²) in [6.45, 7) is 0. The molecule has 0 saturated carbocycles. The van der Waals surface area contributed by atoms with Crippen LogP contribution in [0.5, 0.6) is 0 Å². The van der Waals surface area contributed by atoms with Crippen LogP contribution in [-0.4, -0.2) is 20.8 Å². The van der Waals surface area contributed by atoms with Crippen LogP contribution in [0.25, 0.3) is 0 Å². The molecule has 0 saturated heterocycles. The summed E-state index contributed by atoms with van der Waals surface area (Å²) in [6.07, 6.45) is 0. The van der Waals surface area contributed by atoms with Gasteiger partial charge in [0.15, 0.2) is 0 Å². The predicted molar refractivity (Wildman–Crippen MR) is 7.97 cm³/mol. The van der Waals surface area contributed by atoms with Crippen molar-refractivity contribution in [3.63, 3.8) is 0 Å². The van der Waals surface area contributed by atoms with E-state index in [0.29, 0.717) is 0 Å². The second kappa shape index (κ2) is 89.1. The molecule has 0 aromatic rings. The van der Waals surface area contributed by atoms with Crippen molar-refractivity contribution >= 4 is 16.6 Å². The van der Waals surface area contributed by atoms with E-state index in [-0.39, 0.29) is 66.7 Å². The summed E-state index contributed by atoms with van der Waals surface area (Å²) < 4.78 is 6.92. The summed E-state index contributed by atoms with van der Waals surface area (Å²) >= 11 is 1.42. The molecular formula is HAlCl4FeO. The Balaban J connectivity index is -0.000000000500. The van der Waals surface area contributed by atoms with E-state index < -0.39 is 0 Å². The molecular weight excluding hydrogens is 241 g/mol. The van der Waals surface area contributed by atoms with Crippen molar-refractivity contribution in [3.8, 4) is 0 Å². The van der Waals surface area contributed by atoms with Gasteiger partial charge in [0.25, 0.3) is 0 Å². The van der Waals surface area contributed by atoms with Gasteiger partial charge in [0.05, 0.1) is 0 Å². The fourth-order valence-electron chi connectivity index (χ4n) is 0. The van der Waals surface area contributed by atoms with Gasteiger partial charge in [-0.1, -0.05) is 0 Å². The molecule has 0 unspecified atom stereocenters. The molecule has 0 aliphatic rings. The zero-order chi connectivity index (χ0) is 2.00. The van der Waals surface area contributed by atoms with E-state index >= 15 is 0 Å². The summed E-state index contributed by atoms with van der Waals surface area (Å²) in [6, 6.07) is 0. The SMILES string of the molecule is [Cl-].[Cl-].[Cl-].[Cl-].[Fe+2].[OH][Al+2]. The first kappa shape index (κ1) is 60.9. The molecule has 0 amide bonds. The molecule has 46 valence electrons. The Bertz CT molecular complexity index is 11.7. The maximum absolute atomic E-state index is 6.92. The second-order valence-corrected chi connectivity index (χ2v) is 0. The van der Waals surface area contributed by atoms with E-state index in [4.69, 9.17) is 4.16 Å². The third kappa shape index (κ3) is 66.0. The standard InChI is InChI=1S/Al.4ClH.Fe.H2O/h;4*1H;;1H2/q+3;;;;;+2;/p-5. The summed E-state index contributed by atoms with van der Waals surface area (Å²) in [5, 5.41) is 0. The fourth-order valence-corrected chi connectivity index (χ4v) is 0. The minimum absolute atomic E-state index is 0. The quantitative estimate of drug-likeness (QED) is 0.418. The average molecular weight is 242 g/mol. The van der Waals surface area contributed by atoms with Gasteiger partial charge in [-0.2, -0.15) is 0 Å². The van der Waals surface area contributed by atoms with E-state index in [1.54, 1.807) is 0 Å². The number of hydrogen-bond donors (Lipinski definition) is 1. The molecule has 0 aliphatic heterocycles. The Hall–Kier alpha value is 2.17.